The molecule has 3 rings (SSSR count). The summed E-state index contributed by atoms with van der Waals surface area (Å²) in [6.07, 6.45) is 0. The molecule has 0 spiro atoms. The number of carbonyl (C=O) groups excluding carboxylic acids is 2. The summed E-state index contributed by atoms with van der Waals surface area (Å²) in [7, 11) is 4.20. The van der Waals surface area contributed by atoms with Crippen molar-refractivity contribution >= 4 is 41.1 Å². The van der Waals surface area contributed by atoms with Crippen LogP contribution in [0.25, 0.3) is 0 Å². The fraction of sp³-hybridized carbons (Fsp3) is 0.526. The van der Waals surface area contributed by atoms with Crippen molar-refractivity contribution in [2.45, 2.75) is 42.5 Å². The fourth-order valence-electron chi connectivity index (χ4n) is 3.93. The van der Waals surface area contributed by atoms with E-state index in [9.17, 15) is 19.5 Å². The first kappa shape index (κ1) is 22.4. The number of thioether (sulfide) groups is 1. The molecule has 0 unspecified atom stereocenters. The lowest BCUT2D eigenvalue weighted by Gasteiger charge is -2.51. The molecule has 0 bridgehead atoms. The highest BCUT2D eigenvalue weighted by Crippen LogP contribution is 2.55. The van der Waals surface area contributed by atoms with Crippen molar-refractivity contribution in [1.29, 1.82) is 0 Å². The first-order valence-corrected chi connectivity index (χ1v) is 10.2. The van der Waals surface area contributed by atoms with Crippen molar-refractivity contribution in [3.8, 4) is 17.2 Å². The number of hydrogen-bond acceptors (Lipinski definition) is 7. The molecule has 2 N–H and O–H groups in total. The highest BCUT2D eigenvalue weighted by Gasteiger charge is 2.70. The number of benzene rings is 1. The van der Waals surface area contributed by atoms with Gasteiger partial charge in [-0.3, -0.25) is 9.59 Å². The predicted molar refractivity (Wildman–Crippen MR) is 111 cm³/mol. The van der Waals surface area contributed by atoms with Gasteiger partial charge in [0.15, 0.2) is 11.5 Å². The number of carbonyl (C=O) groups is 3. The van der Waals surface area contributed by atoms with E-state index >= 15 is 0 Å². The molecule has 2 amide bonds. The number of rotatable bonds is 6. The van der Waals surface area contributed by atoms with Gasteiger partial charge in [0.1, 0.15) is 17.0 Å². The molecule has 0 saturated carbocycles. The average molecular weight is 459 g/mol. The van der Waals surface area contributed by atoms with Crippen LogP contribution in [0.2, 0.25) is 5.02 Å². The number of carboxylic acid groups (broad SMARTS) is 1. The largest absolute Gasteiger partial charge is 0.493 e. The van der Waals surface area contributed by atoms with Gasteiger partial charge in [-0.2, -0.15) is 0 Å². The molecule has 0 aromatic heterocycles. The van der Waals surface area contributed by atoms with Crippen LogP contribution in [0.15, 0.2) is 6.07 Å². The van der Waals surface area contributed by atoms with E-state index in [2.05, 4.69) is 5.32 Å². The van der Waals surface area contributed by atoms with Gasteiger partial charge in [0, 0.05) is 4.75 Å². The maximum atomic E-state index is 13.1. The Morgan fingerprint density at radius 2 is 1.77 bits per heavy atom. The summed E-state index contributed by atoms with van der Waals surface area (Å²) in [5.41, 5.74) is -1.25. The van der Waals surface area contributed by atoms with Gasteiger partial charge in [0.2, 0.25) is 5.75 Å². The number of β-lactam (4-membered cyclic amide) rings is 1. The zero-order valence-corrected chi connectivity index (χ0v) is 18.9. The number of fused-ring (bicyclic) bond motifs is 1. The number of methoxy groups -OCH3 is 3. The zero-order valence-electron chi connectivity index (χ0n) is 17.4. The van der Waals surface area contributed by atoms with E-state index in [4.69, 9.17) is 25.8 Å². The molecule has 3 atom stereocenters. The van der Waals surface area contributed by atoms with Crippen LogP contribution in [-0.4, -0.2) is 70.8 Å². The first-order valence-electron chi connectivity index (χ1n) is 8.99. The third-order valence-electron chi connectivity index (χ3n) is 5.40. The molecule has 30 heavy (non-hydrogen) atoms. The molecular weight excluding hydrogens is 436 g/mol. The van der Waals surface area contributed by atoms with Crippen molar-refractivity contribution < 1.29 is 33.7 Å². The van der Waals surface area contributed by atoms with E-state index in [0.717, 1.165) is 0 Å². The van der Waals surface area contributed by atoms with Crippen LogP contribution in [0.1, 0.15) is 31.1 Å². The van der Waals surface area contributed by atoms with Crippen LogP contribution in [-0.2, 0) is 9.59 Å². The second-order valence-electron chi connectivity index (χ2n) is 7.69. The maximum Gasteiger partial charge on any atom is 0.327 e. The fourth-order valence-corrected chi connectivity index (χ4v) is 5.88. The second-order valence-corrected chi connectivity index (χ2v) is 9.80. The number of aliphatic carboxylic acids is 1. The summed E-state index contributed by atoms with van der Waals surface area (Å²) < 4.78 is 15.1. The number of carboxylic acids is 1. The first-order chi connectivity index (χ1) is 13.9. The van der Waals surface area contributed by atoms with Gasteiger partial charge >= 0.3 is 5.97 Å². The summed E-state index contributed by atoms with van der Waals surface area (Å²) >= 11 is 7.70. The maximum absolute atomic E-state index is 13.1. The van der Waals surface area contributed by atoms with E-state index in [1.54, 1.807) is 20.8 Å². The predicted octanol–water partition coefficient (Wildman–Crippen LogP) is 2.00. The van der Waals surface area contributed by atoms with Crippen molar-refractivity contribution in [3.05, 3.63) is 16.7 Å². The minimum Gasteiger partial charge on any atom is -0.493 e. The number of halogens is 1. The van der Waals surface area contributed by atoms with Gasteiger partial charge in [-0.05, 0) is 26.8 Å². The van der Waals surface area contributed by atoms with Crippen LogP contribution < -0.4 is 19.5 Å². The highest BCUT2D eigenvalue weighted by atomic mass is 35.5. The van der Waals surface area contributed by atoms with E-state index in [-0.39, 0.29) is 27.8 Å². The molecular formula is C19H23ClN2O7S. The second kappa shape index (κ2) is 7.42. The lowest BCUT2D eigenvalue weighted by Crippen LogP contribution is -2.78. The Labute approximate surface area is 183 Å². The molecule has 1 aromatic carbocycles. The van der Waals surface area contributed by atoms with E-state index in [0.29, 0.717) is 0 Å². The summed E-state index contributed by atoms with van der Waals surface area (Å²) in [5, 5.41) is 11.8. The molecule has 0 aliphatic carbocycles. The molecule has 1 aromatic rings. The van der Waals surface area contributed by atoms with Crippen LogP contribution in [0.4, 0.5) is 0 Å². The van der Waals surface area contributed by atoms with Gasteiger partial charge < -0.3 is 29.5 Å². The van der Waals surface area contributed by atoms with Gasteiger partial charge in [-0.15, -0.1) is 11.8 Å². The van der Waals surface area contributed by atoms with Crippen molar-refractivity contribution in [3.63, 3.8) is 0 Å². The van der Waals surface area contributed by atoms with E-state index in [1.807, 2.05) is 0 Å². The SMILES string of the molecule is COc1cc(C(=O)N[C@@]2(C)C(=O)N3[C@@H](C(=O)O)C(C)(C)S[C@@H]32)c(Cl)c(OC)c1OC. The van der Waals surface area contributed by atoms with Gasteiger partial charge in [-0.1, -0.05) is 11.6 Å². The molecule has 2 aliphatic rings. The molecule has 2 fully saturated rings. The van der Waals surface area contributed by atoms with Crippen LogP contribution in [0.5, 0.6) is 17.2 Å². The van der Waals surface area contributed by atoms with Gasteiger partial charge in [0.05, 0.1) is 31.9 Å². The van der Waals surface area contributed by atoms with E-state index in [1.165, 1.54) is 44.1 Å². The van der Waals surface area contributed by atoms with Crippen molar-refractivity contribution in [2.75, 3.05) is 21.3 Å². The topological polar surface area (TPSA) is 114 Å². The quantitative estimate of drug-likeness (QED) is 0.622. The monoisotopic (exact) mass is 458 g/mol. The molecule has 2 saturated heterocycles. The van der Waals surface area contributed by atoms with Gasteiger partial charge in [0.25, 0.3) is 11.8 Å². The Morgan fingerprint density at radius 3 is 2.27 bits per heavy atom. The summed E-state index contributed by atoms with van der Waals surface area (Å²) in [6.45, 7) is 5.11. The number of ether oxygens (including phenoxy) is 3. The summed E-state index contributed by atoms with van der Waals surface area (Å²) in [6, 6.07) is 0.421. The lowest BCUT2D eigenvalue weighted by molar-refractivity contribution is -0.165. The highest BCUT2D eigenvalue weighted by molar-refractivity contribution is 8.01. The van der Waals surface area contributed by atoms with Crippen LogP contribution in [0, 0.1) is 0 Å². The summed E-state index contributed by atoms with van der Waals surface area (Å²) in [5.74, 6) is -1.57. The number of hydrogen-bond donors (Lipinski definition) is 2. The smallest absolute Gasteiger partial charge is 0.327 e. The Morgan fingerprint density at radius 1 is 1.17 bits per heavy atom. The van der Waals surface area contributed by atoms with Crippen molar-refractivity contribution in [1.82, 2.24) is 10.2 Å². The Kier molecular flexibility index (Phi) is 5.53. The lowest BCUT2D eigenvalue weighted by atomic mass is 9.86. The van der Waals surface area contributed by atoms with Gasteiger partial charge in [-0.25, -0.2) is 4.79 Å². The number of nitrogens with one attached hydrogen (secondary N) is 1. The zero-order chi connectivity index (χ0) is 22.6. The summed E-state index contributed by atoms with van der Waals surface area (Å²) in [4.78, 5) is 39.0. The normalized spacial score (nSPS) is 26.5. The molecule has 9 nitrogen and oxygen atoms in total. The number of amides is 2. The third-order valence-corrected chi connectivity index (χ3v) is 7.53. The Bertz CT molecular complexity index is 938. The molecule has 2 aliphatic heterocycles. The van der Waals surface area contributed by atoms with E-state index < -0.39 is 39.5 Å². The van der Waals surface area contributed by atoms with Crippen LogP contribution in [0.3, 0.4) is 0 Å². The molecule has 0 radical (unpaired) electrons. The minimum atomic E-state index is -1.28. The molecule has 11 heteroatoms. The standard InChI is InChI=1S/C19H23ClN2O7S/c1-18(2)13(15(24)25)22-16(26)19(3,17(22)30-18)21-14(23)8-7-9(27-4)11(28-5)12(29-6)10(8)20/h7,13,17H,1-6H3,(H,21,23)(H,24,25)/t13-,17+,19-/m0/s1. The third kappa shape index (κ3) is 3.04. The number of nitrogens with zero attached hydrogens (tertiary/aromatic N) is 1. The molecule has 164 valence electrons. The Balaban J connectivity index is 1.94. The van der Waals surface area contributed by atoms with Crippen LogP contribution >= 0.6 is 23.4 Å². The average Bonchev–Trinajstić information content (AvgIpc) is 2.96. The van der Waals surface area contributed by atoms with Crippen molar-refractivity contribution in [2.24, 2.45) is 0 Å². The Hall–Kier alpha value is -2.33. The molecule has 2 heterocycles. The minimum absolute atomic E-state index is 0.00250.